The van der Waals surface area contributed by atoms with Crippen LogP contribution in [0.4, 0.5) is 0 Å². The lowest BCUT2D eigenvalue weighted by Gasteiger charge is -1.89. The third kappa shape index (κ3) is 1.34. The van der Waals surface area contributed by atoms with E-state index >= 15 is 0 Å². The highest BCUT2D eigenvalue weighted by Crippen LogP contribution is 2.49. The van der Waals surface area contributed by atoms with Crippen LogP contribution in [0.15, 0.2) is 11.4 Å². The lowest BCUT2D eigenvalue weighted by atomic mass is 10.3. The topological polar surface area (TPSA) is 37.3 Å². The molecular weight excluding hydrogens is 196 g/mol. The molecule has 1 aromatic rings. The molecule has 1 heterocycles. The predicted octanol–water partition coefficient (Wildman–Crippen LogP) is 2.59. The number of halogens is 1. The quantitative estimate of drug-likeness (QED) is 0.801. The lowest BCUT2D eigenvalue weighted by Crippen LogP contribution is -1.97. The van der Waals surface area contributed by atoms with Crippen LogP contribution in [0.5, 0.6) is 0 Å². The van der Waals surface area contributed by atoms with Crippen molar-refractivity contribution in [2.45, 2.75) is 12.3 Å². The molecule has 64 valence electrons. The molecule has 0 spiro atoms. The SMILES string of the molecule is O=C(O)C1CC1c1cc(Cl)cs1. The van der Waals surface area contributed by atoms with E-state index in [0.717, 1.165) is 11.3 Å². The number of aliphatic carboxylic acids is 1. The smallest absolute Gasteiger partial charge is 0.307 e. The van der Waals surface area contributed by atoms with E-state index in [2.05, 4.69) is 0 Å². The molecular formula is C8H7ClO2S. The number of hydrogen-bond acceptors (Lipinski definition) is 2. The van der Waals surface area contributed by atoms with E-state index in [9.17, 15) is 4.79 Å². The Morgan fingerprint density at radius 3 is 2.92 bits per heavy atom. The number of carboxylic acids is 1. The van der Waals surface area contributed by atoms with Crippen LogP contribution in [0, 0.1) is 5.92 Å². The van der Waals surface area contributed by atoms with E-state index in [4.69, 9.17) is 16.7 Å². The van der Waals surface area contributed by atoms with Crippen LogP contribution in [0.1, 0.15) is 17.2 Å². The van der Waals surface area contributed by atoms with Gasteiger partial charge in [-0.25, -0.2) is 0 Å². The van der Waals surface area contributed by atoms with E-state index in [1.165, 1.54) is 0 Å². The van der Waals surface area contributed by atoms with E-state index in [-0.39, 0.29) is 11.8 Å². The average Bonchev–Trinajstić information content (AvgIpc) is 2.70. The van der Waals surface area contributed by atoms with E-state index in [0.29, 0.717) is 5.02 Å². The molecule has 12 heavy (non-hydrogen) atoms. The minimum absolute atomic E-state index is 0.167. The van der Waals surface area contributed by atoms with Gasteiger partial charge in [0.05, 0.1) is 10.9 Å². The summed E-state index contributed by atoms with van der Waals surface area (Å²) >= 11 is 7.27. The molecule has 0 aliphatic heterocycles. The Kier molecular flexibility index (Phi) is 1.85. The monoisotopic (exact) mass is 202 g/mol. The maximum atomic E-state index is 10.5. The Morgan fingerprint density at radius 1 is 1.75 bits per heavy atom. The second-order valence-corrected chi connectivity index (χ2v) is 4.33. The predicted molar refractivity (Wildman–Crippen MR) is 47.8 cm³/mol. The van der Waals surface area contributed by atoms with Gasteiger partial charge in [-0.15, -0.1) is 11.3 Å². The number of carboxylic acid groups (broad SMARTS) is 1. The van der Waals surface area contributed by atoms with Gasteiger partial charge in [0.1, 0.15) is 0 Å². The zero-order chi connectivity index (χ0) is 8.72. The van der Waals surface area contributed by atoms with Gasteiger partial charge in [0, 0.05) is 16.2 Å². The highest BCUT2D eigenvalue weighted by atomic mass is 35.5. The summed E-state index contributed by atoms with van der Waals surface area (Å²) in [6.45, 7) is 0. The second kappa shape index (κ2) is 2.75. The molecule has 2 nitrogen and oxygen atoms in total. The van der Waals surface area contributed by atoms with Crippen LogP contribution in [0.2, 0.25) is 5.02 Å². The molecule has 1 aromatic heterocycles. The Bertz CT molecular complexity index is 321. The first kappa shape index (κ1) is 8.08. The Balaban J connectivity index is 2.10. The first-order chi connectivity index (χ1) is 5.68. The second-order valence-electron chi connectivity index (χ2n) is 2.95. The number of rotatable bonds is 2. The summed E-state index contributed by atoms with van der Waals surface area (Å²) in [6, 6.07) is 1.86. The molecule has 0 radical (unpaired) electrons. The van der Waals surface area contributed by atoms with Crippen molar-refractivity contribution in [1.29, 1.82) is 0 Å². The Labute approximate surface area is 78.8 Å². The van der Waals surface area contributed by atoms with Gasteiger partial charge in [0.15, 0.2) is 0 Å². The van der Waals surface area contributed by atoms with Crippen LogP contribution in [-0.4, -0.2) is 11.1 Å². The Hall–Kier alpha value is -0.540. The largest absolute Gasteiger partial charge is 0.481 e. The van der Waals surface area contributed by atoms with Crippen LogP contribution < -0.4 is 0 Å². The number of thiophene rings is 1. The summed E-state index contributed by atoms with van der Waals surface area (Å²) in [5, 5.41) is 11.2. The Morgan fingerprint density at radius 2 is 2.50 bits per heavy atom. The summed E-state index contributed by atoms with van der Waals surface area (Å²) in [7, 11) is 0. The first-order valence-electron chi connectivity index (χ1n) is 3.65. The van der Waals surface area contributed by atoms with Gasteiger partial charge in [-0.3, -0.25) is 4.79 Å². The fourth-order valence-electron chi connectivity index (χ4n) is 1.31. The van der Waals surface area contributed by atoms with Gasteiger partial charge in [-0.2, -0.15) is 0 Å². The lowest BCUT2D eigenvalue weighted by molar-refractivity contribution is -0.138. The molecule has 1 saturated carbocycles. The van der Waals surface area contributed by atoms with Crippen LogP contribution in [0.25, 0.3) is 0 Å². The van der Waals surface area contributed by atoms with Crippen molar-refractivity contribution in [1.82, 2.24) is 0 Å². The van der Waals surface area contributed by atoms with Gasteiger partial charge in [-0.1, -0.05) is 11.6 Å². The van der Waals surface area contributed by atoms with Gasteiger partial charge < -0.3 is 5.11 Å². The van der Waals surface area contributed by atoms with Crippen molar-refractivity contribution in [3.05, 3.63) is 21.3 Å². The minimum Gasteiger partial charge on any atom is -0.481 e. The van der Waals surface area contributed by atoms with Crippen LogP contribution in [-0.2, 0) is 4.79 Å². The maximum absolute atomic E-state index is 10.5. The first-order valence-corrected chi connectivity index (χ1v) is 4.91. The van der Waals surface area contributed by atoms with Crippen molar-refractivity contribution < 1.29 is 9.90 Å². The fraction of sp³-hybridized carbons (Fsp3) is 0.375. The van der Waals surface area contributed by atoms with Crippen LogP contribution in [0.3, 0.4) is 0 Å². The van der Waals surface area contributed by atoms with E-state index < -0.39 is 5.97 Å². The highest BCUT2D eigenvalue weighted by Gasteiger charge is 2.44. The third-order valence-electron chi connectivity index (χ3n) is 2.06. The highest BCUT2D eigenvalue weighted by molar-refractivity contribution is 7.10. The van der Waals surface area contributed by atoms with Gasteiger partial charge in [-0.05, 0) is 12.5 Å². The van der Waals surface area contributed by atoms with Crippen molar-refractivity contribution in [3.63, 3.8) is 0 Å². The molecule has 2 atom stereocenters. The molecule has 1 N–H and O–H groups in total. The molecule has 1 fully saturated rings. The standard InChI is InChI=1S/C8H7ClO2S/c9-4-1-7(12-3-4)5-2-6(5)8(10)11/h1,3,5-6H,2H2,(H,10,11). The number of carbonyl (C=O) groups is 1. The molecule has 0 bridgehead atoms. The van der Waals surface area contributed by atoms with Gasteiger partial charge >= 0.3 is 5.97 Å². The molecule has 2 unspecified atom stereocenters. The normalized spacial score (nSPS) is 27.1. The molecule has 0 saturated heterocycles. The molecule has 1 aliphatic carbocycles. The third-order valence-corrected chi connectivity index (χ3v) is 3.47. The molecule has 2 rings (SSSR count). The van der Waals surface area contributed by atoms with Gasteiger partial charge in [0.25, 0.3) is 0 Å². The van der Waals surface area contributed by atoms with Gasteiger partial charge in [0.2, 0.25) is 0 Å². The fourth-order valence-corrected chi connectivity index (χ4v) is 2.57. The molecule has 0 aromatic carbocycles. The van der Waals surface area contributed by atoms with Crippen molar-refractivity contribution in [2.75, 3.05) is 0 Å². The van der Waals surface area contributed by atoms with E-state index in [1.807, 2.05) is 11.4 Å². The zero-order valence-corrected chi connectivity index (χ0v) is 7.73. The summed E-state index contributed by atoms with van der Waals surface area (Å²) in [5.74, 6) is -0.635. The number of hydrogen-bond donors (Lipinski definition) is 1. The van der Waals surface area contributed by atoms with Crippen molar-refractivity contribution in [2.24, 2.45) is 5.92 Å². The molecule has 0 amide bonds. The summed E-state index contributed by atoms with van der Waals surface area (Å²) in [5.41, 5.74) is 0. The van der Waals surface area contributed by atoms with E-state index in [1.54, 1.807) is 11.3 Å². The summed E-state index contributed by atoms with van der Waals surface area (Å²) < 4.78 is 0. The maximum Gasteiger partial charge on any atom is 0.307 e. The van der Waals surface area contributed by atoms with Crippen molar-refractivity contribution >= 4 is 28.9 Å². The minimum atomic E-state index is -0.690. The summed E-state index contributed by atoms with van der Waals surface area (Å²) in [6.07, 6.45) is 0.770. The van der Waals surface area contributed by atoms with Crippen LogP contribution >= 0.6 is 22.9 Å². The summed E-state index contributed by atoms with van der Waals surface area (Å²) in [4.78, 5) is 11.6. The van der Waals surface area contributed by atoms with Crippen molar-refractivity contribution in [3.8, 4) is 0 Å². The zero-order valence-electron chi connectivity index (χ0n) is 6.16. The molecule has 1 aliphatic rings. The molecule has 4 heteroatoms. The average molecular weight is 203 g/mol.